The van der Waals surface area contributed by atoms with Gasteiger partial charge in [0.25, 0.3) is 0 Å². The van der Waals surface area contributed by atoms with Gasteiger partial charge in [-0.2, -0.15) is 5.26 Å². The Morgan fingerprint density at radius 2 is 1.97 bits per heavy atom. The van der Waals surface area contributed by atoms with E-state index < -0.39 is 41.7 Å². The molecule has 0 bridgehead atoms. The molecule has 32 heavy (non-hydrogen) atoms. The monoisotopic (exact) mass is 444 g/mol. The first-order chi connectivity index (χ1) is 15.1. The summed E-state index contributed by atoms with van der Waals surface area (Å²) in [5.41, 5.74) is 0.382. The third-order valence-corrected chi connectivity index (χ3v) is 6.75. The molecule has 0 radical (unpaired) electrons. The third kappa shape index (κ3) is 4.50. The van der Waals surface area contributed by atoms with Crippen molar-refractivity contribution < 1.29 is 19.8 Å². The number of carbonyl (C=O) groups is 2. The molecule has 10 heteroatoms. The number of carbonyl (C=O) groups excluding carboxylic acids is 2. The Morgan fingerprint density at radius 3 is 2.56 bits per heavy atom. The summed E-state index contributed by atoms with van der Waals surface area (Å²) in [4.78, 5) is 28.2. The SMILES string of the molecule is CC(C)(C)[C@@H](C(=O)N1CC(O)CC1C(=O)N[C@@H]1C[C@H](C#N)C[C@H]1O)n1cc(C2CC2)nn1. The average molecular weight is 445 g/mol. The van der Waals surface area contributed by atoms with Gasteiger partial charge in [-0.15, -0.1) is 5.10 Å². The molecule has 2 amide bonds. The lowest BCUT2D eigenvalue weighted by Crippen LogP contribution is -2.53. The minimum atomic E-state index is -0.845. The Bertz CT molecular complexity index is 914. The Hall–Kier alpha value is -2.51. The van der Waals surface area contributed by atoms with Crippen molar-refractivity contribution in [1.82, 2.24) is 25.2 Å². The number of hydrogen-bond acceptors (Lipinski definition) is 7. The van der Waals surface area contributed by atoms with Crippen LogP contribution in [0, 0.1) is 22.7 Å². The molecule has 1 saturated heterocycles. The number of aromatic nitrogens is 3. The van der Waals surface area contributed by atoms with Gasteiger partial charge in [-0.05, 0) is 31.1 Å². The predicted molar refractivity (Wildman–Crippen MR) is 113 cm³/mol. The van der Waals surface area contributed by atoms with E-state index in [1.165, 1.54) is 4.90 Å². The first-order valence-corrected chi connectivity index (χ1v) is 11.4. The molecule has 174 valence electrons. The zero-order chi connectivity index (χ0) is 23.2. The van der Waals surface area contributed by atoms with Gasteiger partial charge in [-0.1, -0.05) is 26.0 Å². The lowest BCUT2D eigenvalue weighted by Gasteiger charge is -2.35. The molecular formula is C22H32N6O4. The standard InChI is InChI=1S/C22H32N6O4/c1-22(2,3)19(28-11-16(25-26-28)13-4-5-13)21(32)27-10-14(29)8-17(27)20(31)24-15-6-12(9-23)7-18(15)30/h11-15,17-19,29-30H,4-8,10H2,1-3H3,(H,24,31)/t12-,14?,15+,17?,18+,19+/m0/s1. The highest BCUT2D eigenvalue weighted by molar-refractivity contribution is 5.90. The lowest BCUT2D eigenvalue weighted by molar-refractivity contribution is -0.144. The largest absolute Gasteiger partial charge is 0.391 e. The molecule has 10 nitrogen and oxygen atoms in total. The Kier molecular flexibility index (Phi) is 5.98. The number of hydrogen-bond donors (Lipinski definition) is 3. The van der Waals surface area contributed by atoms with E-state index >= 15 is 0 Å². The maximum absolute atomic E-state index is 13.7. The van der Waals surface area contributed by atoms with Crippen LogP contribution in [0.1, 0.15) is 70.5 Å². The second-order valence-corrected chi connectivity index (χ2v) is 10.5. The van der Waals surface area contributed by atoms with Gasteiger partial charge in [-0.25, -0.2) is 4.68 Å². The van der Waals surface area contributed by atoms with E-state index in [0.29, 0.717) is 18.8 Å². The number of aliphatic hydroxyl groups is 2. The summed E-state index contributed by atoms with van der Waals surface area (Å²) in [6.07, 6.45) is 3.19. The van der Waals surface area contributed by atoms with Crippen molar-refractivity contribution in [3.63, 3.8) is 0 Å². The van der Waals surface area contributed by atoms with Gasteiger partial charge in [-0.3, -0.25) is 9.59 Å². The minimum absolute atomic E-state index is 0.0573. The van der Waals surface area contributed by atoms with Crippen LogP contribution in [0.15, 0.2) is 6.20 Å². The molecule has 1 aliphatic heterocycles. The molecule has 0 spiro atoms. The van der Waals surface area contributed by atoms with E-state index in [2.05, 4.69) is 21.7 Å². The van der Waals surface area contributed by atoms with Crippen LogP contribution in [-0.4, -0.2) is 72.8 Å². The average Bonchev–Trinajstić information content (AvgIpc) is 3.15. The third-order valence-electron chi connectivity index (χ3n) is 6.75. The van der Waals surface area contributed by atoms with E-state index in [4.69, 9.17) is 5.26 Å². The highest BCUT2D eigenvalue weighted by Crippen LogP contribution is 2.40. The number of likely N-dealkylation sites (tertiary alicyclic amines) is 1. The summed E-state index contributed by atoms with van der Waals surface area (Å²) < 4.78 is 1.59. The fourth-order valence-corrected chi connectivity index (χ4v) is 4.88. The Labute approximate surface area is 187 Å². The molecule has 2 aliphatic carbocycles. The number of rotatable bonds is 5. The second kappa shape index (κ2) is 8.45. The van der Waals surface area contributed by atoms with Gasteiger partial charge in [0.2, 0.25) is 11.8 Å². The van der Waals surface area contributed by atoms with Crippen LogP contribution in [0.25, 0.3) is 0 Å². The summed E-state index contributed by atoms with van der Waals surface area (Å²) in [6.45, 7) is 5.87. The van der Waals surface area contributed by atoms with Crippen molar-refractivity contribution in [3.05, 3.63) is 11.9 Å². The van der Waals surface area contributed by atoms with Crippen LogP contribution < -0.4 is 5.32 Å². The van der Waals surface area contributed by atoms with Gasteiger partial charge in [0.05, 0.1) is 35.9 Å². The van der Waals surface area contributed by atoms with Crippen molar-refractivity contribution in [1.29, 1.82) is 5.26 Å². The molecule has 3 N–H and O–H groups in total. The van der Waals surface area contributed by atoms with E-state index in [0.717, 1.165) is 18.5 Å². The highest BCUT2D eigenvalue weighted by Gasteiger charge is 2.46. The van der Waals surface area contributed by atoms with E-state index in [9.17, 15) is 19.8 Å². The molecular weight excluding hydrogens is 412 g/mol. The summed E-state index contributed by atoms with van der Waals surface area (Å²) in [6, 6.07) is 0.0799. The zero-order valence-corrected chi connectivity index (χ0v) is 18.8. The fraction of sp³-hybridized carbons (Fsp3) is 0.773. The van der Waals surface area contributed by atoms with Gasteiger partial charge >= 0.3 is 0 Å². The molecule has 1 aromatic rings. The number of nitrogens with one attached hydrogen (secondary N) is 1. The van der Waals surface area contributed by atoms with Crippen molar-refractivity contribution in [2.24, 2.45) is 11.3 Å². The smallest absolute Gasteiger partial charge is 0.248 e. The van der Waals surface area contributed by atoms with Gasteiger partial charge < -0.3 is 20.4 Å². The molecule has 3 aliphatic rings. The number of nitrogens with zero attached hydrogens (tertiary/aromatic N) is 5. The first-order valence-electron chi connectivity index (χ1n) is 11.4. The van der Waals surface area contributed by atoms with Crippen molar-refractivity contribution in [2.45, 2.75) is 89.1 Å². The minimum Gasteiger partial charge on any atom is -0.391 e. The number of β-amino-alcohol motifs (C(OH)–C–C–N with tert-alkyl or cyclic N) is 1. The summed E-state index contributed by atoms with van der Waals surface area (Å²) in [5, 5.41) is 40.9. The molecule has 6 atom stereocenters. The lowest BCUT2D eigenvalue weighted by atomic mass is 9.85. The van der Waals surface area contributed by atoms with Crippen LogP contribution in [0.3, 0.4) is 0 Å². The van der Waals surface area contributed by atoms with Crippen LogP contribution >= 0.6 is 0 Å². The molecule has 1 aromatic heterocycles. The maximum Gasteiger partial charge on any atom is 0.248 e. The Balaban J connectivity index is 1.53. The molecule has 2 saturated carbocycles. The molecule has 3 fully saturated rings. The van der Waals surface area contributed by atoms with Crippen LogP contribution in [0.4, 0.5) is 0 Å². The fourth-order valence-electron chi connectivity index (χ4n) is 4.88. The van der Waals surface area contributed by atoms with Crippen molar-refractivity contribution >= 4 is 11.8 Å². The Morgan fingerprint density at radius 1 is 1.25 bits per heavy atom. The van der Waals surface area contributed by atoms with Gasteiger partial charge in [0, 0.05) is 25.1 Å². The number of nitriles is 1. The van der Waals surface area contributed by atoms with E-state index in [1.807, 2.05) is 27.0 Å². The van der Waals surface area contributed by atoms with Crippen molar-refractivity contribution in [2.75, 3.05) is 6.54 Å². The number of amides is 2. The predicted octanol–water partition coefficient (Wildman–Crippen LogP) is 0.484. The normalized spacial score (nSPS) is 31.4. The molecule has 4 rings (SSSR count). The summed E-state index contributed by atoms with van der Waals surface area (Å²) >= 11 is 0. The second-order valence-electron chi connectivity index (χ2n) is 10.5. The maximum atomic E-state index is 13.7. The molecule has 2 unspecified atom stereocenters. The van der Waals surface area contributed by atoms with Crippen LogP contribution in [0.2, 0.25) is 0 Å². The molecule has 2 heterocycles. The first kappa shape index (κ1) is 22.7. The van der Waals surface area contributed by atoms with Gasteiger partial charge in [0.15, 0.2) is 0 Å². The quantitative estimate of drug-likeness (QED) is 0.599. The van der Waals surface area contributed by atoms with E-state index in [-0.39, 0.29) is 24.8 Å². The summed E-state index contributed by atoms with van der Waals surface area (Å²) in [7, 11) is 0. The number of aliphatic hydroxyl groups excluding tert-OH is 2. The van der Waals surface area contributed by atoms with Crippen molar-refractivity contribution in [3.8, 4) is 6.07 Å². The molecule has 0 aromatic carbocycles. The topological polar surface area (TPSA) is 144 Å². The van der Waals surface area contributed by atoms with E-state index in [1.54, 1.807) is 4.68 Å². The highest BCUT2D eigenvalue weighted by atomic mass is 16.3. The van der Waals surface area contributed by atoms with Crippen LogP contribution in [0.5, 0.6) is 0 Å². The summed E-state index contributed by atoms with van der Waals surface area (Å²) in [5.74, 6) is -0.604. The zero-order valence-electron chi connectivity index (χ0n) is 18.8. The van der Waals surface area contributed by atoms with Gasteiger partial charge in [0.1, 0.15) is 12.1 Å². The van der Waals surface area contributed by atoms with Crippen LogP contribution in [-0.2, 0) is 9.59 Å².